The Morgan fingerprint density at radius 2 is 1.67 bits per heavy atom. The van der Waals surface area contributed by atoms with E-state index in [4.69, 9.17) is 6.57 Å². The van der Waals surface area contributed by atoms with Crippen LogP contribution in [0.4, 0.5) is 5.69 Å². The van der Waals surface area contributed by atoms with Crippen molar-refractivity contribution in [2.45, 2.75) is 6.92 Å². The highest BCUT2D eigenvalue weighted by Gasteiger charge is 2.06. The van der Waals surface area contributed by atoms with Crippen LogP contribution in [0.5, 0.6) is 0 Å². The molecule has 0 aliphatic heterocycles. The monoisotopic (exact) mass is 193 g/mol. The van der Waals surface area contributed by atoms with E-state index in [0.717, 1.165) is 22.4 Å². The van der Waals surface area contributed by atoms with Crippen LogP contribution in [-0.4, -0.2) is 0 Å². The van der Waals surface area contributed by atoms with Gasteiger partial charge in [0.05, 0.1) is 6.57 Å². The van der Waals surface area contributed by atoms with E-state index in [1.165, 1.54) is 0 Å². The van der Waals surface area contributed by atoms with Crippen LogP contribution >= 0.6 is 0 Å². The summed E-state index contributed by atoms with van der Waals surface area (Å²) in [7, 11) is 0. The Bertz CT molecular complexity index is 507. The van der Waals surface area contributed by atoms with Crippen molar-refractivity contribution >= 4 is 5.69 Å². The van der Waals surface area contributed by atoms with E-state index < -0.39 is 0 Å². The lowest BCUT2D eigenvalue weighted by molar-refractivity contribution is 1.48. The number of benzene rings is 2. The summed E-state index contributed by atoms with van der Waals surface area (Å²) < 4.78 is 0. The van der Waals surface area contributed by atoms with Crippen molar-refractivity contribution in [3.05, 3.63) is 65.5 Å². The lowest BCUT2D eigenvalue weighted by Gasteiger charge is -2.06. The maximum Gasteiger partial charge on any atom is 0.197 e. The van der Waals surface area contributed by atoms with Crippen molar-refractivity contribution in [1.29, 1.82) is 0 Å². The van der Waals surface area contributed by atoms with E-state index in [1.54, 1.807) is 0 Å². The molecule has 2 rings (SSSR count). The fraction of sp³-hybridized carbons (Fsp3) is 0.0714. The summed E-state index contributed by atoms with van der Waals surface area (Å²) in [4.78, 5) is 3.60. The molecule has 0 saturated heterocycles. The van der Waals surface area contributed by atoms with Gasteiger partial charge in [-0.15, -0.1) is 0 Å². The average Bonchev–Trinajstić information content (AvgIpc) is 2.30. The predicted molar refractivity (Wildman–Crippen MR) is 62.9 cm³/mol. The molecule has 0 fully saturated rings. The molecule has 72 valence electrons. The first-order valence-corrected chi connectivity index (χ1v) is 4.85. The second-order valence-corrected chi connectivity index (χ2v) is 3.45. The van der Waals surface area contributed by atoms with Gasteiger partial charge in [0, 0.05) is 0 Å². The molecule has 0 aliphatic rings. The fourth-order valence-corrected chi connectivity index (χ4v) is 1.66. The van der Waals surface area contributed by atoms with Gasteiger partial charge in [0.25, 0.3) is 0 Å². The first kappa shape index (κ1) is 9.48. The zero-order valence-electron chi connectivity index (χ0n) is 8.57. The fourth-order valence-electron chi connectivity index (χ4n) is 1.66. The van der Waals surface area contributed by atoms with Gasteiger partial charge in [-0.2, -0.15) is 0 Å². The molecule has 15 heavy (non-hydrogen) atoms. The molecule has 1 heteroatoms. The van der Waals surface area contributed by atoms with E-state index in [9.17, 15) is 0 Å². The summed E-state index contributed by atoms with van der Waals surface area (Å²) in [5, 5.41) is 0. The standard InChI is InChI=1S/C14H11N/c1-11-7-6-10-13(14(11)15-2)12-8-4-3-5-9-12/h3-10H,1H3. The molecular formula is C14H11N. The highest BCUT2D eigenvalue weighted by molar-refractivity contribution is 5.80. The zero-order valence-corrected chi connectivity index (χ0v) is 8.57. The zero-order chi connectivity index (χ0) is 10.7. The van der Waals surface area contributed by atoms with E-state index >= 15 is 0 Å². The highest BCUT2D eigenvalue weighted by Crippen LogP contribution is 2.32. The molecule has 0 atom stereocenters. The normalized spacial score (nSPS) is 9.60. The Morgan fingerprint density at radius 1 is 0.933 bits per heavy atom. The third-order valence-electron chi connectivity index (χ3n) is 2.43. The topological polar surface area (TPSA) is 4.36 Å². The van der Waals surface area contributed by atoms with Gasteiger partial charge in [-0.1, -0.05) is 48.5 Å². The molecule has 0 unspecified atom stereocenters. The van der Waals surface area contributed by atoms with Crippen molar-refractivity contribution in [2.24, 2.45) is 0 Å². The van der Waals surface area contributed by atoms with Crippen LogP contribution in [0.15, 0.2) is 48.5 Å². The third-order valence-corrected chi connectivity index (χ3v) is 2.43. The molecule has 0 radical (unpaired) electrons. The molecule has 0 aliphatic carbocycles. The van der Waals surface area contributed by atoms with E-state index in [2.05, 4.69) is 4.85 Å². The summed E-state index contributed by atoms with van der Waals surface area (Å²) in [6.45, 7) is 9.17. The minimum Gasteiger partial charge on any atom is -0.237 e. The summed E-state index contributed by atoms with van der Waals surface area (Å²) in [5.41, 5.74) is 3.91. The van der Waals surface area contributed by atoms with E-state index in [0.29, 0.717) is 0 Å². The van der Waals surface area contributed by atoms with Crippen LogP contribution < -0.4 is 0 Å². The number of hydrogen-bond donors (Lipinski definition) is 0. The number of aryl methyl sites for hydroxylation is 1. The second-order valence-electron chi connectivity index (χ2n) is 3.45. The lowest BCUT2D eigenvalue weighted by atomic mass is 10.0. The van der Waals surface area contributed by atoms with Gasteiger partial charge >= 0.3 is 0 Å². The molecule has 0 spiro atoms. The smallest absolute Gasteiger partial charge is 0.197 e. The molecule has 0 saturated carbocycles. The molecular weight excluding hydrogens is 182 g/mol. The van der Waals surface area contributed by atoms with Crippen LogP contribution in [0.2, 0.25) is 0 Å². The molecule has 0 bridgehead atoms. The van der Waals surface area contributed by atoms with E-state index in [1.807, 2.05) is 55.5 Å². The van der Waals surface area contributed by atoms with Gasteiger partial charge in [-0.25, -0.2) is 4.85 Å². The number of nitrogens with zero attached hydrogens (tertiary/aromatic N) is 1. The first-order chi connectivity index (χ1) is 7.33. The maximum absolute atomic E-state index is 7.20. The Hall–Kier alpha value is -2.07. The van der Waals surface area contributed by atoms with Gasteiger partial charge in [0.15, 0.2) is 5.69 Å². The quantitative estimate of drug-likeness (QED) is 0.597. The van der Waals surface area contributed by atoms with Gasteiger partial charge < -0.3 is 0 Å². The Labute approximate surface area is 89.8 Å². The highest BCUT2D eigenvalue weighted by atomic mass is 14.7. The summed E-state index contributed by atoms with van der Waals surface area (Å²) in [6, 6.07) is 16.0. The predicted octanol–water partition coefficient (Wildman–Crippen LogP) is 4.21. The molecule has 0 heterocycles. The van der Waals surface area contributed by atoms with Crippen LogP contribution in [0.3, 0.4) is 0 Å². The molecule has 2 aromatic rings. The summed E-state index contributed by atoms with van der Waals surface area (Å²) in [6.07, 6.45) is 0. The lowest BCUT2D eigenvalue weighted by Crippen LogP contribution is -1.80. The van der Waals surface area contributed by atoms with Crippen molar-refractivity contribution in [3.8, 4) is 11.1 Å². The van der Waals surface area contributed by atoms with Gasteiger partial charge in [-0.3, -0.25) is 0 Å². The number of hydrogen-bond acceptors (Lipinski definition) is 0. The Kier molecular flexibility index (Phi) is 2.51. The molecule has 0 amide bonds. The van der Waals surface area contributed by atoms with Crippen molar-refractivity contribution < 1.29 is 0 Å². The van der Waals surface area contributed by atoms with Crippen molar-refractivity contribution in [1.82, 2.24) is 0 Å². The van der Waals surface area contributed by atoms with Crippen LogP contribution in [0, 0.1) is 13.5 Å². The SMILES string of the molecule is [C-]#[N+]c1c(C)cccc1-c1ccccc1. The number of para-hydroxylation sites is 1. The minimum absolute atomic E-state index is 0.753. The second kappa shape index (κ2) is 3.98. The minimum atomic E-state index is 0.753. The largest absolute Gasteiger partial charge is 0.237 e. The number of rotatable bonds is 1. The van der Waals surface area contributed by atoms with Gasteiger partial charge in [0.1, 0.15) is 0 Å². The van der Waals surface area contributed by atoms with E-state index in [-0.39, 0.29) is 0 Å². The molecule has 2 aromatic carbocycles. The van der Waals surface area contributed by atoms with Gasteiger partial charge in [0.2, 0.25) is 0 Å². The average molecular weight is 193 g/mol. The molecule has 0 aromatic heterocycles. The molecule has 0 N–H and O–H groups in total. The first-order valence-electron chi connectivity index (χ1n) is 4.85. The summed E-state index contributed by atoms with van der Waals surface area (Å²) in [5.74, 6) is 0. The van der Waals surface area contributed by atoms with Gasteiger partial charge in [-0.05, 0) is 23.6 Å². The molecule has 1 nitrogen and oxygen atoms in total. The maximum atomic E-state index is 7.20. The Balaban J connectivity index is 2.65. The van der Waals surface area contributed by atoms with Crippen LogP contribution in [0.1, 0.15) is 5.56 Å². The Morgan fingerprint density at radius 3 is 2.33 bits per heavy atom. The van der Waals surface area contributed by atoms with Crippen molar-refractivity contribution in [3.63, 3.8) is 0 Å². The third kappa shape index (κ3) is 1.75. The van der Waals surface area contributed by atoms with Crippen LogP contribution in [0.25, 0.3) is 16.0 Å². The van der Waals surface area contributed by atoms with Crippen molar-refractivity contribution in [2.75, 3.05) is 0 Å². The summed E-state index contributed by atoms with van der Waals surface area (Å²) >= 11 is 0. The van der Waals surface area contributed by atoms with Crippen LogP contribution in [-0.2, 0) is 0 Å².